The number of aryl methyl sites for hydroxylation is 1. The molecule has 0 bridgehead atoms. The van der Waals surface area contributed by atoms with Crippen molar-refractivity contribution in [2.45, 2.75) is 30.6 Å². The van der Waals surface area contributed by atoms with E-state index in [1.807, 2.05) is 13.0 Å². The molecule has 1 aromatic carbocycles. The van der Waals surface area contributed by atoms with Crippen molar-refractivity contribution in [2.75, 3.05) is 24.7 Å². The van der Waals surface area contributed by atoms with Crippen molar-refractivity contribution in [1.82, 2.24) is 14.9 Å². The van der Waals surface area contributed by atoms with Crippen LogP contribution in [-0.4, -0.2) is 48.7 Å². The van der Waals surface area contributed by atoms with Crippen molar-refractivity contribution in [3.8, 4) is 0 Å². The summed E-state index contributed by atoms with van der Waals surface area (Å²) in [6, 6.07) is 6.41. The molecule has 8 heteroatoms. The Hall–Kier alpha value is -2.48. The van der Waals surface area contributed by atoms with Gasteiger partial charge in [-0.3, -0.25) is 0 Å². The summed E-state index contributed by atoms with van der Waals surface area (Å²) in [6.45, 7) is 3.08. The lowest BCUT2D eigenvalue weighted by atomic mass is 9.95. The third kappa shape index (κ3) is 4.19. The van der Waals surface area contributed by atoms with Gasteiger partial charge in [0.25, 0.3) is 0 Å². The molecule has 1 aliphatic heterocycles. The Morgan fingerprint density at radius 2 is 2.12 bits per heavy atom. The van der Waals surface area contributed by atoms with Crippen LogP contribution in [0.5, 0.6) is 0 Å². The number of benzene rings is 1. The van der Waals surface area contributed by atoms with Gasteiger partial charge in [-0.05, 0) is 43.5 Å². The summed E-state index contributed by atoms with van der Waals surface area (Å²) in [5, 5.41) is 2.85. The molecule has 2 amide bonds. The van der Waals surface area contributed by atoms with Crippen LogP contribution in [0.4, 0.5) is 10.5 Å². The van der Waals surface area contributed by atoms with Gasteiger partial charge in [0.15, 0.2) is 9.84 Å². The van der Waals surface area contributed by atoms with Crippen LogP contribution in [0.1, 0.15) is 30.0 Å². The Labute approximate surface area is 153 Å². The van der Waals surface area contributed by atoms with Crippen LogP contribution in [-0.2, 0) is 9.84 Å². The Morgan fingerprint density at radius 1 is 1.31 bits per heavy atom. The van der Waals surface area contributed by atoms with E-state index in [9.17, 15) is 13.2 Å². The molecular formula is C18H22N4O3S. The standard InChI is InChI=1S/C18H22N4O3S/c1-13-5-6-15(26(2,24)25)10-17(13)21-18(23)22-9-3-4-14(11-22)16-7-8-19-12-20-16/h5-8,10,12,14H,3-4,9,11H2,1-2H3,(H,21,23)/t14-/m1/s1. The molecule has 0 radical (unpaired) electrons. The van der Waals surface area contributed by atoms with Gasteiger partial charge in [-0.1, -0.05) is 6.07 Å². The van der Waals surface area contributed by atoms with Crippen LogP contribution in [0.15, 0.2) is 41.7 Å². The third-order valence-electron chi connectivity index (χ3n) is 4.61. The molecular weight excluding hydrogens is 352 g/mol. The zero-order valence-electron chi connectivity index (χ0n) is 14.8. The second kappa shape index (κ2) is 7.41. The molecule has 1 N–H and O–H groups in total. The van der Waals surface area contributed by atoms with Crippen molar-refractivity contribution in [3.63, 3.8) is 0 Å². The van der Waals surface area contributed by atoms with E-state index in [1.165, 1.54) is 12.4 Å². The van der Waals surface area contributed by atoms with Crippen LogP contribution in [0.2, 0.25) is 0 Å². The van der Waals surface area contributed by atoms with Crippen molar-refractivity contribution in [2.24, 2.45) is 0 Å². The Morgan fingerprint density at radius 3 is 2.81 bits per heavy atom. The van der Waals surface area contributed by atoms with Crippen LogP contribution in [0.3, 0.4) is 0 Å². The minimum absolute atomic E-state index is 0.181. The van der Waals surface area contributed by atoms with Crippen LogP contribution >= 0.6 is 0 Å². The fourth-order valence-corrected chi connectivity index (χ4v) is 3.75. The number of hydrogen-bond acceptors (Lipinski definition) is 5. The van der Waals surface area contributed by atoms with Gasteiger partial charge in [-0.15, -0.1) is 0 Å². The van der Waals surface area contributed by atoms with Crippen LogP contribution in [0.25, 0.3) is 0 Å². The predicted molar refractivity (Wildman–Crippen MR) is 98.9 cm³/mol. The second-order valence-electron chi connectivity index (χ2n) is 6.60. The van der Waals surface area contributed by atoms with Crippen LogP contribution < -0.4 is 5.32 Å². The molecule has 1 saturated heterocycles. The summed E-state index contributed by atoms with van der Waals surface area (Å²) in [5.74, 6) is 0.181. The van der Waals surface area contributed by atoms with Gasteiger partial charge in [0.05, 0.1) is 4.90 Å². The first kappa shape index (κ1) is 18.3. The number of hydrogen-bond donors (Lipinski definition) is 1. The van der Waals surface area contributed by atoms with Crippen molar-refractivity contribution in [3.05, 3.63) is 48.0 Å². The highest BCUT2D eigenvalue weighted by molar-refractivity contribution is 7.90. The number of nitrogens with zero attached hydrogens (tertiary/aromatic N) is 3. The van der Waals surface area contributed by atoms with Crippen molar-refractivity contribution in [1.29, 1.82) is 0 Å². The molecule has 1 fully saturated rings. The molecule has 1 atom stereocenters. The van der Waals surface area contributed by atoms with E-state index in [1.54, 1.807) is 23.2 Å². The van der Waals surface area contributed by atoms with E-state index < -0.39 is 9.84 Å². The number of likely N-dealkylation sites (tertiary alicyclic amines) is 1. The quantitative estimate of drug-likeness (QED) is 0.891. The average molecular weight is 374 g/mol. The molecule has 2 aromatic rings. The van der Waals surface area contributed by atoms with Crippen LogP contribution in [0, 0.1) is 6.92 Å². The monoisotopic (exact) mass is 374 g/mol. The third-order valence-corrected chi connectivity index (χ3v) is 5.72. The van der Waals surface area contributed by atoms with Gasteiger partial charge in [-0.25, -0.2) is 23.2 Å². The maximum absolute atomic E-state index is 12.7. The maximum Gasteiger partial charge on any atom is 0.321 e. The molecule has 26 heavy (non-hydrogen) atoms. The normalized spacial score (nSPS) is 17.8. The second-order valence-corrected chi connectivity index (χ2v) is 8.61. The highest BCUT2D eigenvalue weighted by Gasteiger charge is 2.26. The molecule has 0 aliphatic carbocycles. The summed E-state index contributed by atoms with van der Waals surface area (Å²) >= 11 is 0. The predicted octanol–water partition coefficient (Wildman–Crippen LogP) is 2.60. The van der Waals surface area contributed by atoms with Gasteiger partial charge in [-0.2, -0.15) is 0 Å². The summed E-state index contributed by atoms with van der Waals surface area (Å²) in [6.07, 6.45) is 6.25. The smallest absolute Gasteiger partial charge is 0.321 e. The zero-order chi connectivity index (χ0) is 18.7. The largest absolute Gasteiger partial charge is 0.324 e. The van der Waals surface area contributed by atoms with E-state index in [2.05, 4.69) is 15.3 Å². The van der Waals surface area contributed by atoms with Gasteiger partial charge in [0.2, 0.25) is 0 Å². The number of anilines is 1. The minimum atomic E-state index is -3.33. The van der Waals surface area contributed by atoms with E-state index in [-0.39, 0.29) is 16.8 Å². The van der Waals surface area contributed by atoms with Gasteiger partial charge >= 0.3 is 6.03 Å². The first-order valence-corrected chi connectivity index (χ1v) is 10.4. The minimum Gasteiger partial charge on any atom is -0.324 e. The molecule has 7 nitrogen and oxygen atoms in total. The molecule has 0 saturated carbocycles. The lowest BCUT2D eigenvalue weighted by Crippen LogP contribution is -2.41. The molecule has 0 spiro atoms. The number of sulfone groups is 1. The number of nitrogens with one attached hydrogen (secondary N) is 1. The molecule has 138 valence electrons. The number of rotatable bonds is 3. The highest BCUT2D eigenvalue weighted by atomic mass is 32.2. The van der Waals surface area contributed by atoms with E-state index in [0.717, 1.165) is 30.4 Å². The lowest BCUT2D eigenvalue weighted by molar-refractivity contribution is 0.192. The topological polar surface area (TPSA) is 92.3 Å². The maximum atomic E-state index is 12.7. The number of carbonyl (C=O) groups is 1. The summed E-state index contributed by atoms with van der Waals surface area (Å²) in [7, 11) is -3.33. The number of piperidine rings is 1. The van der Waals surface area contributed by atoms with Gasteiger partial charge in [0.1, 0.15) is 6.33 Å². The van der Waals surface area contributed by atoms with Crippen molar-refractivity contribution < 1.29 is 13.2 Å². The Kier molecular flexibility index (Phi) is 5.22. The molecule has 1 aliphatic rings. The van der Waals surface area contributed by atoms with E-state index >= 15 is 0 Å². The Bertz CT molecular complexity index is 900. The van der Waals surface area contributed by atoms with Gasteiger partial charge in [0, 0.05) is 42.8 Å². The average Bonchev–Trinajstić information content (AvgIpc) is 2.63. The van der Waals surface area contributed by atoms with Gasteiger partial charge < -0.3 is 10.2 Å². The number of carbonyl (C=O) groups excluding carboxylic acids is 1. The number of amides is 2. The Balaban J connectivity index is 1.74. The lowest BCUT2D eigenvalue weighted by Gasteiger charge is -2.32. The SMILES string of the molecule is Cc1ccc(S(C)(=O)=O)cc1NC(=O)N1CCC[C@@H](c2ccncn2)C1. The first-order chi connectivity index (χ1) is 12.3. The zero-order valence-corrected chi connectivity index (χ0v) is 15.7. The molecule has 1 aromatic heterocycles. The molecule has 0 unspecified atom stereocenters. The molecule has 3 rings (SSSR count). The number of aromatic nitrogens is 2. The number of urea groups is 1. The summed E-state index contributed by atoms with van der Waals surface area (Å²) < 4.78 is 23.5. The fourth-order valence-electron chi connectivity index (χ4n) is 3.11. The fraction of sp³-hybridized carbons (Fsp3) is 0.389. The summed E-state index contributed by atoms with van der Waals surface area (Å²) in [4.78, 5) is 22.9. The highest BCUT2D eigenvalue weighted by Crippen LogP contribution is 2.26. The van der Waals surface area contributed by atoms with E-state index in [4.69, 9.17) is 0 Å². The summed E-state index contributed by atoms with van der Waals surface area (Å²) in [5.41, 5.74) is 2.27. The molecule has 2 heterocycles. The van der Waals surface area contributed by atoms with E-state index in [0.29, 0.717) is 18.8 Å². The first-order valence-electron chi connectivity index (χ1n) is 8.47. The van der Waals surface area contributed by atoms with Crippen molar-refractivity contribution >= 4 is 21.6 Å².